The van der Waals surface area contributed by atoms with Crippen LogP contribution in [0.5, 0.6) is 0 Å². The number of hydrogen-bond acceptors (Lipinski definition) is 3. The zero-order valence-electron chi connectivity index (χ0n) is 9.57. The predicted octanol–water partition coefficient (Wildman–Crippen LogP) is 3.17. The van der Waals surface area contributed by atoms with Crippen molar-refractivity contribution < 1.29 is 9.13 Å². The summed E-state index contributed by atoms with van der Waals surface area (Å²) in [6.45, 7) is 0.359. The second-order valence-electron chi connectivity index (χ2n) is 3.75. The smallest absolute Gasteiger partial charge is 0.128 e. The number of pyridine rings is 1. The molecule has 0 aliphatic carbocycles. The molecule has 0 fully saturated rings. The number of rotatable bonds is 4. The van der Waals surface area contributed by atoms with E-state index in [9.17, 15) is 4.39 Å². The highest BCUT2D eigenvalue weighted by atomic mass is 35.5. The van der Waals surface area contributed by atoms with Gasteiger partial charge in [-0.3, -0.25) is 0 Å². The van der Waals surface area contributed by atoms with E-state index in [-0.39, 0.29) is 19.0 Å². The van der Waals surface area contributed by atoms with Crippen molar-refractivity contribution in [2.75, 3.05) is 5.73 Å². The lowest BCUT2D eigenvalue weighted by Crippen LogP contribution is -2.01. The largest absolute Gasteiger partial charge is 0.384 e. The van der Waals surface area contributed by atoms with Crippen molar-refractivity contribution in [1.29, 1.82) is 0 Å². The Hall–Kier alpha value is -1.65. The Balaban J connectivity index is 1.96. The zero-order chi connectivity index (χ0) is 13.0. The molecule has 0 amide bonds. The second kappa shape index (κ2) is 5.80. The SMILES string of the molecule is Nc1ccc(Cl)c(COCc2ccccc2F)n1. The van der Waals surface area contributed by atoms with Crippen molar-refractivity contribution in [3.05, 3.63) is 58.5 Å². The average Bonchev–Trinajstić information content (AvgIpc) is 2.36. The van der Waals surface area contributed by atoms with Crippen LogP contribution in [0.1, 0.15) is 11.3 Å². The summed E-state index contributed by atoms with van der Waals surface area (Å²) >= 11 is 5.94. The van der Waals surface area contributed by atoms with Crippen molar-refractivity contribution in [2.24, 2.45) is 0 Å². The number of aromatic nitrogens is 1. The molecule has 1 heterocycles. The number of ether oxygens (including phenoxy) is 1. The van der Waals surface area contributed by atoms with Crippen LogP contribution in [-0.2, 0) is 18.0 Å². The zero-order valence-corrected chi connectivity index (χ0v) is 10.3. The van der Waals surface area contributed by atoms with Crippen molar-refractivity contribution in [2.45, 2.75) is 13.2 Å². The molecule has 0 bridgehead atoms. The van der Waals surface area contributed by atoms with Crippen molar-refractivity contribution >= 4 is 17.4 Å². The number of nitrogen functional groups attached to an aromatic ring is 1. The van der Waals surface area contributed by atoms with Gasteiger partial charge in [-0.15, -0.1) is 0 Å². The molecule has 0 atom stereocenters. The topological polar surface area (TPSA) is 48.1 Å². The van der Waals surface area contributed by atoms with Crippen molar-refractivity contribution in [3.63, 3.8) is 0 Å². The monoisotopic (exact) mass is 266 g/mol. The Morgan fingerprint density at radius 2 is 1.94 bits per heavy atom. The van der Waals surface area contributed by atoms with E-state index in [1.54, 1.807) is 30.3 Å². The molecule has 0 saturated carbocycles. The molecule has 0 aliphatic rings. The summed E-state index contributed by atoms with van der Waals surface area (Å²) in [5.41, 5.74) is 6.60. The van der Waals surface area contributed by atoms with Crippen LogP contribution in [0, 0.1) is 5.82 Å². The van der Waals surface area contributed by atoms with E-state index in [1.807, 2.05) is 0 Å². The Bertz CT molecular complexity index is 548. The molecule has 0 radical (unpaired) electrons. The van der Waals surface area contributed by atoms with Gasteiger partial charge in [0.15, 0.2) is 0 Å². The van der Waals surface area contributed by atoms with Gasteiger partial charge < -0.3 is 10.5 Å². The average molecular weight is 267 g/mol. The molecule has 1 aromatic heterocycles. The molecule has 0 aliphatic heterocycles. The summed E-state index contributed by atoms with van der Waals surface area (Å²) in [6.07, 6.45) is 0. The van der Waals surface area contributed by atoms with Gasteiger partial charge in [0.25, 0.3) is 0 Å². The Kier molecular flexibility index (Phi) is 4.12. The Morgan fingerprint density at radius 1 is 1.17 bits per heavy atom. The first kappa shape index (κ1) is 12.8. The summed E-state index contributed by atoms with van der Waals surface area (Å²) in [4.78, 5) is 4.05. The molecule has 5 heteroatoms. The molecule has 0 unspecified atom stereocenters. The number of benzene rings is 1. The highest BCUT2D eigenvalue weighted by Gasteiger charge is 2.05. The van der Waals surface area contributed by atoms with E-state index in [2.05, 4.69) is 4.98 Å². The fourth-order valence-electron chi connectivity index (χ4n) is 1.48. The first-order chi connectivity index (χ1) is 8.66. The van der Waals surface area contributed by atoms with Crippen LogP contribution in [0.3, 0.4) is 0 Å². The van der Waals surface area contributed by atoms with Crippen LogP contribution < -0.4 is 5.73 Å². The standard InChI is InChI=1S/C13H12ClFN2O/c14-10-5-6-13(16)17-12(10)8-18-7-9-3-1-2-4-11(9)15/h1-6H,7-8H2,(H2,16,17). The number of hydrogen-bond donors (Lipinski definition) is 1. The lowest BCUT2D eigenvalue weighted by atomic mass is 10.2. The van der Waals surface area contributed by atoms with Gasteiger partial charge in [0.1, 0.15) is 11.6 Å². The minimum atomic E-state index is -0.288. The maximum atomic E-state index is 13.3. The molecular formula is C13H12ClFN2O. The van der Waals surface area contributed by atoms with Gasteiger partial charge in [0.2, 0.25) is 0 Å². The van der Waals surface area contributed by atoms with E-state index in [0.717, 1.165) is 0 Å². The maximum Gasteiger partial charge on any atom is 0.128 e. The van der Waals surface area contributed by atoms with Crippen molar-refractivity contribution in [3.8, 4) is 0 Å². The second-order valence-corrected chi connectivity index (χ2v) is 4.16. The molecule has 0 spiro atoms. The molecule has 2 N–H and O–H groups in total. The number of nitrogens with two attached hydrogens (primary N) is 1. The van der Waals surface area contributed by atoms with Crippen LogP contribution in [0.15, 0.2) is 36.4 Å². The van der Waals surface area contributed by atoms with Gasteiger partial charge in [-0.25, -0.2) is 9.37 Å². The molecule has 3 nitrogen and oxygen atoms in total. The molecule has 18 heavy (non-hydrogen) atoms. The molecule has 2 rings (SSSR count). The first-order valence-electron chi connectivity index (χ1n) is 5.39. The summed E-state index contributed by atoms with van der Waals surface area (Å²) in [5, 5.41) is 0.484. The molecule has 94 valence electrons. The number of anilines is 1. The predicted molar refractivity (Wildman–Crippen MR) is 68.6 cm³/mol. The normalized spacial score (nSPS) is 10.6. The summed E-state index contributed by atoms with van der Waals surface area (Å²) < 4.78 is 18.7. The summed E-state index contributed by atoms with van der Waals surface area (Å²) in [6, 6.07) is 9.73. The Morgan fingerprint density at radius 3 is 2.72 bits per heavy atom. The molecule has 2 aromatic rings. The van der Waals surface area contributed by atoms with E-state index < -0.39 is 0 Å². The summed E-state index contributed by atoms with van der Waals surface area (Å²) in [7, 11) is 0. The van der Waals surface area contributed by atoms with E-state index in [4.69, 9.17) is 22.1 Å². The van der Waals surface area contributed by atoms with Gasteiger partial charge in [-0.05, 0) is 18.2 Å². The lowest BCUT2D eigenvalue weighted by Gasteiger charge is -2.07. The van der Waals surface area contributed by atoms with Gasteiger partial charge in [0, 0.05) is 5.56 Å². The van der Waals surface area contributed by atoms with Gasteiger partial charge >= 0.3 is 0 Å². The first-order valence-corrected chi connectivity index (χ1v) is 5.76. The highest BCUT2D eigenvalue weighted by molar-refractivity contribution is 6.31. The van der Waals surface area contributed by atoms with Crippen LogP contribution in [0.25, 0.3) is 0 Å². The van der Waals surface area contributed by atoms with Crippen molar-refractivity contribution in [1.82, 2.24) is 4.98 Å². The number of halogens is 2. The molecule has 0 saturated heterocycles. The van der Waals surface area contributed by atoms with Gasteiger partial charge in [0.05, 0.1) is 23.9 Å². The van der Waals surface area contributed by atoms with Gasteiger partial charge in [-0.2, -0.15) is 0 Å². The number of nitrogens with zero attached hydrogens (tertiary/aromatic N) is 1. The van der Waals surface area contributed by atoms with E-state index in [1.165, 1.54) is 6.07 Å². The fraction of sp³-hybridized carbons (Fsp3) is 0.154. The quantitative estimate of drug-likeness (QED) is 0.925. The molecule has 1 aromatic carbocycles. The lowest BCUT2D eigenvalue weighted by molar-refractivity contribution is 0.102. The minimum absolute atomic E-state index is 0.166. The van der Waals surface area contributed by atoms with Crippen LogP contribution in [0.4, 0.5) is 10.2 Å². The van der Waals surface area contributed by atoms with E-state index >= 15 is 0 Å². The summed E-state index contributed by atoms with van der Waals surface area (Å²) in [5.74, 6) is 0.0908. The molecular weight excluding hydrogens is 255 g/mol. The highest BCUT2D eigenvalue weighted by Crippen LogP contribution is 2.17. The van der Waals surface area contributed by atoms with Crippen LogP contribution >= 0.6 is 11.6 Å². The third-order valence-corrected chi connectivity index (χ3v) is 2.74. The Labute approximate surface area is 109 Å². The minimum Gasteiger partial charge on any atom is -0.384 e. The third kappa shape index (κ3) is 3.18. The third-order valence-electron chi connectivity index (χ3n) is 2.39. The van der Waals surface area contributed by atoms with Crippen LogP contribution in [-0.4, -0.2) is 4.98 Å². The van der Waals surface area contributed by atoms with E-state index in [0.29, 0.717) is 22.1 Å². The van der Waals surface area contributed by atoms with Crippen LogP contribution in [0.2, 0.25) is 5.02 Å². The fourth-order valence-corrected chi connectivity index (χ4v) is 1.64. The van der Waals surface area contributed by atoms with Gasteiger partial charge in [-0.1, -0.05) is 29.8 Å². The maximum absolute atomic E-state index is 13.3.